The first-order chi connectivity index (χ1) is 65.2. The summed E-state index contributed by atoms with van der Waals surface area (Å²) in [7, 11) is 0. The Labute approximate surface area is 771 Å². The summed E-state index contributed by atoms with van der Waals surface area (Å²) in [5.41, 5.74) is 33.3. The van der Waals surface area contributed by atoms with Crippen LogP contribution in [0.15, 0.2) is 282 Å². The van der Waals surface area contributed by atoms with Gasteiger partial charge >= 0.3 is 0 Å². The minimum absolute atomic E-state index is 0.0167. The molecule has 1 saturated carbocycles. The Balaban J connectivity index is 0.000000114. The van der Waals surface area contributed by atoms with E-state index in [-0.39, 0.29) is 18.3 Å². The Morgan fingerprint density at radius 2 is 0.752 bits per heavy atom. The van der Waals surface area contributed by atoms with E-state index in [1.54, 1.807) is 18.6 Å². The number of imidazole rings is 5. The number of rotatable bonds is 29. The predicted molar refractivity (Wildman–Crippen MR) is 538 cm³/mol. The minimum Gasteiger partial charge on any atom is -0.396 e. The van der Waals surface area contributed by atoms with E-state index in [1.165, 1.54) is 119 Å². The third-order valence-electron chi connectivity index (χ3n) is 26.3. The number of benzene rings is 4. The zero-order valence-corrected chi connectivity index (χ0v) is 76.1. The zero-order chi connectivity index (χ0) is 91.0. The van der Waals surface area contributed by atoms with Gasteiger partial charge in [-0.2, -0.15) is 0 Å². The molecule has 17 aromatic heterocycles. The lowest BCUT2D eigenvalue weighted by Crippen LogP contribution is -2.08. The summed E-state index contributed by atoms with van der Waals surface area (Å²) >= 11 is 0. The first kappa shape index (κ1) is 86.9. The van der Waals surface area contributed by atoms with E-state index in [0.717, 1.165) is 160 Å². The number of fused-ring (bicyclic) bond motifs is 9. The van der Waals surface area contributed by atoms with E-state index >= 15 is 0 Å². The summed E-state index contributed by atoms with van der Waals surface area (Å²) in [6.45, 7) is 18.6. The molecule has 0 amide bonds. The molecule has 0 bridgehead atoms. The number of terminal acetylenes is 1. The monoisotopic (exact) mass is 1760 g/mol. The minimum atomic E-state index is -0.383. The van der Waals surface area contributed by atoms with Crippen molar-refractivity contribution in [3.8, 4) is 57.0 Å². The highest BCUT2D eigenvalue weighted by molar-refractivity contribution is 5.88. The summed E-state index contributed by atoms with van der Waals surface area (Å²) < 4.78 is 24.7. The third kappa shape index (κ3) is 18.5. The normalized spacial score (nSPS) is 13.0. The van der Waals surface area contributed by atoms with Crippen LogP contribution < -0.4 is 21.3 Å². The van der Waals surface area contributed by atoms with Gasteiger partial charge in [0.25, 0.3) is 0 Å². The largest absolute Gasteiger partial charge is 0.396 e. The standard InChI is InChI=1S/C29H31N5.C28H28N6.C28H27N5.C25H24FN5O/c1-3-19(2)28-17-33-29-27(31-11-10-21-16-32-26-7-5-4-6-25(21)26)13-24(18-34(28)29)23-12-22(14-30-15-23)20-8-9-20;1-3-19(2)25-16-32-28-24(29-12-11-20-15-30-23-9-5-4-8-22(20)23)14-21(18-34(25)28)26-17-31-27-10-6-7-13-33(26)27;1-4-19(3)27-17-32-28-26(30-11-10-21-16-31-25-9-7-6-8-24(21)25)13-23(18-33(27)28)22-12-20(5-2)14-29-15-22;1-16(15-32)24-13-30-25-23(9-19(14-31(24)25)18-8-20(26)12-27-10-18)28-7-6-17-11-29-22-5-3-2-4-21(17)22/h4-7,12-20,31-32H,3,8-11H2,1-2H3;4-10,13-19,29-30H,3,11-12H2,1-2H3;2,6-9,12-19,30-31H,4,10-11H2,1,3H3;2-5,8-14,16,28-29,32H,6-7,15H2,1H3. The van der Waals surface area contributed by atoms with Crippen LogP contribution in [-0.4, -0.2) is 120 Å². The van der Waals surface area contributed by atoms with Crippen molar-refractivity contribution in [1.82, 2.24) is 81.8 Å². The maximum absolute atomic E-state index is 13.8. The molecular weight excluding hydrogens is 1650 g/mol. The molecule has 1 aliphatic rings. The van der Waals surface area contributed by atoms with Gasteiger partial charge in [-0.1, -0.05) is 133 Å². The number of para-hydroxylation sites is 4. The number of halogens is 1. The quantitative estimate of drug-likeness (QED) is 0.0198. The molecule has 668 valence electrons. The van der Waals surface area contributed by atoms with Gasteiger partial charge in [0, 0.05) is 255 Å². The number of nitrogens with one attached hydrogen (secondary N) is 8. The van der Waals surface area contributed by atoms with E-state index in [4.69, 9.17) is 21.4 Å². The topological polar surface area (TPSA) is 257 Å². The van der Waals surface area contributed by atoms with E-state index in [9.17, 15) is 9.50 Å². The Bertz CT molecular complexity index is 7730. The molecule has 23 heteroatoms. The summed E-state index contributed by atoms with van der Waals surface area (Å²) in [6.07, 6.45) is 54.2. The van der Waals surface area contributed by atoms with Gasteiger partial charge in [0.15, 0.2) is 22.6 Å². The Hall–Kier alpha value is -15.4. The highest BCUT2D eigenvalue weighted by Crippen LogP contribution is 2.42. The fourth-order valence-electron chi connectivity index (χ4n) is 18.1. The van der Waals surface area contributed by atoms with Gasteiger partial charge < -0.3 is 63.9 Å². The van der Waals surface area contributed by atoms with Crippen molar-refractivity contribution in [2.24, 2.45) is 0 Å². The molecule has 17 heterocycles. The second kappa shape index (κ2) is 39.1. The smallest absolute Gasteiger partial charge is 0.160 e. The van der Waals surface area contributed by atoms with Crippen LogP contribution in [-0.2, 0) is 25.7 Å². The number of aromatic amines is 4. The number of H-pyrrole nitrogens is 4. The van der Waals surface area contributed by atoms with Gasteiger partial charge in [0.1, 0.15) is 11.5 Å². The van der Waals surface area contributed by atoms with Crippen LogP contribution in [0, 0.1) is 18.2 Å². The molecule has 1 aliphatic carbocycles. The average Bonchev–Trinajstić information content (AvgIpc) is 1.64. The van der Waals surface area contributed by atoms with Crippen molar-refractivity contribution >= 4 is 94.6 Å². The summed E-state index contributed by atoms with van der Waals surface area (Å²) in [4.78, 5) is 49.9. The van der Waals surface area contributed by atoms with Crippen LogP contribution >= 0.6 is 0 Å². The molecule has 133 heavy (non-hydrogen) atoms. The van der Waals surface area contributed by atoms with E-state index in [1.807, 2.05) is 110 Å². The molecule has 9 N–H and O–H groups in total. The number of nitrogens with zero attached hydrogens (tertiary/aromatic N) is 13. The zero-order valence-electron chi connectivity index (χ0n) is 76.1. The second-order valence-electron chi connectivity index (χ2n) is 35.1. The molecule has 22 rings (SSSR count). The highest BCUT2D eigenvalue weighted by Gasteiger charge is 2.26. The maximum Gasteiger partial charge on any atom is 0.160 e. The van der Waals surface area contributed by atoms with Crippen LogP contribution in [0.2, 0.25) is 0 Å². The Morgan fingerprint density at radius 3 is 1.14 bits per heavy atom. The maximum atomic E-state index is 13.8. The molecular formula is C110H110FN21O. The number of hydrogen-bond acceptors (Lipinski definition) is 13. The molecule has 4 unspecified atom stereocenters. The Morgan fingerprint density at radius 1 is 0.391 bits per heavy atom. The van der Waals surface area contributed by atoms with Crippen LogP contribution in [0.4, 0.5) is 27.1 Å². The summed E-state index contributed by atoms with van der Waals surface area (Å²) in [5, 5.41) is 29.3. The molecule has 0 radical (unpaired) electrons. The molecule has 0 saturated heterocycles. The molecule has 4 atom stereocenters. The van der Waals surface area contributed by atoms with Crippen molar-refractivity contribution in [3.63, 3.8) is 0 Å². The summed E-state index contributed by atoms with van der Waals surface area (Å²) in [6, 6.07) is 54.1. The summed E-state index contributed by atoms with van der Waals surface area (Å²) in [5.74, 6) is 4.19. The molecule has 0 spiro atoms. The van der Waals surface area contributed by atoms with Crippen LogP contribution in [0.1, 0.15) is 166 Å². The lowest BCUT2D eigenvalue weighted by Gasteiger charge is -2.14. The predicted octanol–water partition coefficient (Wildman–Crippen LogP) is 24.0. The molecule has 22 nitrogen and oxygen atoms in total. The Kier molecular flexibility index (Phi) is 25.6. The van der Waals surface area contributed by atoms with Crippen molar-refractivity contribution in [3.05, 3.63) is 344 Å². The van der Waals surface area contributed by atoms with E-state index < -0.39 is 0 Å². The second-order valence-corrected chi connectivity index (χ2v) is 35.1. The SMILES string of the molecule is C#Cc1cncc(-c2cc(NCCc3c[nH]c4ccccc34)c3ncc(C(C)CC)n3c2)c1.CC(CO)c1cnc2c(NCCc3c[nH]c4ccccc34)cc(-c3cncc(F)c3)cn12.CCC(C)c1cnc2c(NCCc3c[nH]c4ccccc34)cc(-c3cnc4ccccn34)cn12.CCC(C)c1cnc2c(NCCc3c[nH]c4ccccc34)cc(-c3cncc(C4CC4)c3)cn12. The fourth-order valence-corrected chi connectivity index (χ4v) is 18.1. The highest BCUT2D eigenvalue weighted by atomic mass is 19.1. The van der Waals surface area contributed by atoms with E-state index in [2.05, 4.69) is 284 Å². The van der Waals surface area contributed by atoms with Gasteiger partial charge in [-0.05, 0) is 188 Å². The average molecular weight is 1760 g/mol. The van der Waals surface area contributed by atoms with Crippen molar-refractivity contribution < 1.29 is 9.50 Å². The van der Waals surface area contributed by atoms with Crippen LogP contribution in [0.25, 0.3) is 116 Å². The van der Waals surface area contributed by atoms with Crippen molar-refractivity contribution in [1.29, 1.82) is 0 Å². The first-order valence-electron chi connectivity index (χ1n) is 46.5. The number of aromatic nitrogens is 17. The molecule has 0 aliphatic heterocycles. The number of aliphatic hydroxyl groups excluding tert-OH is 1. The van der Waals surface area contributed by atoms with Crippen LogP contribution in [0.3, 0.4) is 0 Å². The van der Waals surface area contributed by atoms with Crippen molar-refractivity contribution in [2.75, 3.05) is 54.1 Å². The third-order valence-corrected chi connectivity index (χ3v) is 26.3. The van der Waals surface area contributed by atoms with Gasteiger partial charge in [0.05, 0.1) is 47.4 Å². The number of pyridine rings is 8. The van der Waals surface area contributed by atoms with Crippen LogP contribution in [0.5, 0.6) is 0 Å². The lowest BCUT2D eigenvalue weighted by molar-refractivity contribution is 0.270. The van der Waals surface area contributed by atoms with Gasteiger partial charge in [-0.25, -0.2) is 29.3 Å². The molecule has 1 fully saturated rings. The van der Waals surface area contributed by atoms with Gasteiger partial charge in [-0.3, -0.25) is 19.4 Å². The molecule has 21 aromatic rings. The number of anilines is 4. The number of aliphatic hydroxyl groups is 1. The van der Waals surface area contributed by atoms with Gasteiger partial charge in [0.2, 0.25) is 0 Å². The van der Waals surface area contributed by atoms with E-state index in [0.29, 0.717) is 35.8 Å². The number of hydrogen-bond donors (Lipinski definition) is 9. The van der Waals surface area contributed by atoms with Crippen molar-refractivity contribution in [2.45, 2.75) is 136 Å². The fraction of sp³-hybridized carbons (Fsp3) is 0.236. The van der Waals surface area contributed by atoms with Gasteiger partial charge in [-0.15, -0.1) is 6.42 Å². The first-order valence-corrected chi connectivity index (χ1v) is 46.5. The lowest BCUT2D eigenvalue weighted by atomic mass is 10.0. The molecule has 4 aromatic carbocycles.